The summed E-state index contributed by atoms with van der Waals surface area (Å²) in [5.74, 6) is 0.850. The molecular formula is C18H32N2S. The largest absolute Gasteiger partial charge is 0.329 e. The molecule has 0 radical (unpaired) electrons. The lowest BCUT2D eigenvalue weighted by Gasteiger charge is -2.48. The summed E-state index contributed by atoms with van der Waals surface area (Å²) in [6, 6.07) is 4.39. The van der Waals surface area contributed by atoms with Gasteiger partial charge in [-0.05, 0) is 61.9 Å². The van der Waals surface area contributed by atoms with Crippen LogP contribution in [0.3, 0.4) is 0 Å². The van der Waals surface area contributed by atoms with Crippen LogP contribution < -0.4 is 5.73 Å². The summed E-state index contributed by atoms with van der Waals surface area (Å²) in [5.41, 5.74) is 6.88. The first-order valence-corrected chi connectivity index (χ1v) is 9.19. The number of likely N-dealkylation sites (N-methyl/N-ethyl adjacent to an activating group) is 1. The Morgan fingerprint density at radius 3 is 2.48 bits per heavy atom. The molecule has 2 rings (SSSR count). The minimum atomic E-state index is 0.235. The molecular weight excluding hydrogens is 276 g/mol. The third-order valence-electron chi connectivity index (χ3n) is 5.60. The highest BCUT2D eigenvalue weighted by Gasteiger charge is 2.40. The Hall–Kier alpha value is -0.380. The molecule has 0 spiro atoms. The van der Waals surface area contributed by atoms with Crippen LogP contribution in [0.25, 0.3) is 0 Å². The lowest BCUT2D eigenvalue weighted by Crippen LogP contribution is -2.55. The molecule has 120 valence electrons. The fourth-order valence-electron chi connectivity index (χ4n) is 3.73. The highest BCUT2D eigenvalue weighted by atomic mass is 32.1. The van der Waals surface area contributed by atoms with E-state index in [4.69, 9.17) is 5.73 Å². The third kappa shape index (κ3) is 4.08. The summed E-state index contributed by atoms with van der Waals surface area (Å²) in [4.78, 5) is 4.03. The fraction of sp³-hybridized carbons (Fsp3) is 0.778. The fourth-order valence-corrected chi connectivity index (χ4v) is 4.43. The van der Waals surface area contributed by atoms with Crippen molar-refractivity contribution in [3.8, 4) is 0 Å². The molecule has 1 aliphatic rings. The Bertz CT molecular complexity index is 411. The van der Waals surface area contributed by atoms with Crippen LogP contribution in [0.1, 0.15) is 51.3 Å². The van der Waals surface area contributed by atoms with Gasteiger partial charge in [-0.2, -0.15) is 0 Å². The second kappa shape index (κ2) is 6.80. The molecule has 1 saturated carbocycles. The smallest absolute Gasteiger partial charge is 0.0329 e. The Morgan fingerprint density at radius 1 is 1.33 bits per heavy atom. The second-order valence-corrected chi connectivity index (χ2v) is 8.85. The molecule has 21 heavy (non-hydrogen) atoms. The van der Waals surface area contributed by atoms with Gasteiger partial charge in [0.05, 0.1) is 0 Å². The average Bonchev–Trinajstić information content (AvgIpc) is 2.97. The van der Waals surface area contributed by atoms with Gasteiger partial charge in [0, 0.05) is 23.5 Å². The van der Waals surface area contributed by atoms with Gasteiger partial charge in [0.15, 0.2) is 0 Å². The first-order chi connectivity index (χ1) is 9.87. The minimum Gasteiger partial charge on any atom is -0.329 e. The van der Waals surface area contributed by atoms with Crippen molar-refractivity contribution in [1.29, 1.82) is 0 Å². The van der Waals surface area contributed by atoms with Gasteiger partial charge in [0.25, 0.3) is 0 Å². The van der Waals surface area contributed by atoms with Crippen molar-refractivity contribution < 1.29 is 0 Å². The van der Waals surface area contributed by atoms with Crippen molar-refractivity contribution in [1.82, 2.24) is 4.90 Å². The maximum atomic E-state index is 6.20. The van der Waals surface area contributed by atoms with Gasteiger partial charge in [0.2, 0.25) is 0 Å². The molecule has 0 unspecified atom stereocenters. The van der Waals surface area contributed by atoms with E-state index in [1.165, 1.54) is 30.6 Å². The predicted octanol–water partition coefficient (Wildman–Crippen LogP) is 4.16. The molecule has 0 aromatic carbocycles. The molecule has 1 aromatic heterocycles. The van der Waals surface area contributed by atoms with E-state index in [0.717, 1.165) is 25.4 Å². The van der Waals surface area contributed by atoms with Crippen LogP contribution in [0.5, 0.6) is 0 Å². The van der Waals surface area contributed by atoms with E-state index in [9.17, 15) is 0 Å². The molecule has 1 aromatic rings. The molecule has 1 heterocycles. The summed E-state index contributed by atoms with van der Waals surface area (Å²) in [7, 11) is 2.28. The Balaban J connectivity index is 1.92. The molecule has 1 fully saturated rings. The highest BCUT2D eigenvalue weighted by Crippen LogP contribution is 2.43. The van der Waals surface area contributed by atoms with Crippen LogP contribution in [-0.2, 0) is 6.42 Å². The Labute approximate surface area is 134 Å². The lowest BCUT2D eigenvalue weighted by atomic mass is 9.67. The molecule has 0 atom stereocenters. The number of hydrogen-bond donors (Lipinski definition) is 1. The van der Waals surface area contributed by atoms with Gasteiger partial charge in [-0.25, -0.2) is 0 Å². The van der Waals surface area contributed by atoms with Gasteiger partial charge in [-0.1, -0.05) is 26.8 Å². The third-order valence-corrected chi connectivity index (χ3v) is 6.54. The van der Waals surface area contributed by atoms with E-state index >= 15 is 0 Å². The molecule has 1 aliphatic carbocycles. The zero-order valence-corrected chi connectivity index (χ0v) is 15.0. The quantitative estimate of drug-likeness (QED) is 0.885. The second-order valence-electron chi connectivity index (χ2n) is 7.82. The van der Waals surface area contributed by atoms with Crippen LogP contribution >= 0.6 is 11.3 Å². The van der Waals surface area contributed by atoms with Gasteiger partial charge in [0.1, 0.15) is 0 Å². The first-order valence-electron chi connectivity index (χ1n) is 8.31. The maximum Gasteiger partial charge on any atom is 0.0329 e. The van der Waals surface area contributed by atoms with Crippen LogP contribution in [0.2, 0.25) is 0 Å². The molecule has 0 bridgehead atoms. The van der Waals surface area contributed by atoms with Crippen molar-refractivity contribution in [2.45, 2.75) is 58.4 Å². The number of rotatable bonds is 5. The Kier molecular flexibility index (Phi) is 5.50. The number of nitrogens with zero attached hydrogens (tertiary/aromatic N) is 1. The van der Waals surface area contributed by atoms with Gasteiger partial charge in [-0.3, -0.25) is 4.90 Å². The van der Waals surface area contributed by atoms with E-state index in [1.807, 2.05) is 11.3 Å². The topological polar surface area (TPSA) is 29.3 Å². The first kappa shape index (κ1) is 17.0. The van der Waals surface area contributed by atoms with Crippen molar-refractivity contribution in [3.63, 3.8) is 0 Å². The zero-order valence-electron chi connectivity index (χ0n) is 14.2. The maximum absolute atomic E-state index is 6.20. The summed E-state index contributed by atoms with van der Waals surface area (Å²) in [5, 5.41) is 2.17. The van der Waals surface area contributed by atoms with E-state index in [-0.39, 0.29) is 5.54 Å². The Morgan fingerprint density at radius 2 is 2.00 bits per heavy atom. The number of hydrogen-bond acceptors (Lipinski definition) is 3. The molecule has 0 amide bonds. The lowest BCUT2D eigenvalue weighted by molar-refractivity contribution is 0.0390. The number of nitrogens with two attached hydrogens (primary N) is 1. The summed E-state index contributed by atoms with van der Waals surface area (Å²) in [6.07, 6.45) is 6.31. The van der Waals surface area contributed by atoms with E-state index in [1.54, 1.807) is 0 Å². The SMILES string of the molecule is CN(CCc1cccs1)C1(CN)CCC(C(C)(C)C)CC1. The molecule has 3 heteroatoms. The van der Waals surface area contributed by atoms with E-state index in [0.29, 0.717) is 5.41 Å². The van der Waals surface area contributed by atoms with Gasteiger partial charge >= 0.3 is 0 Å². The number of thiophene rings is 1. The monoisotopic (exact) mass is 308 g/mol. The minimum absolute atomic E-state index is 0.235. The summed E-state index contributed by atoms with van der Waals surface area (Å²) >= 11 is 1.86. The normalized spacial score (nSPS) is 27.2. The van der Waals surface area contributed by atoms with E-state index < -0.39 is 0 Å². The molecule has 2 N–H and O–H groups in total. The van der Waals surface area contributed by atoms with E-state index in [2.05, 4.69) is 50.2 Å². The van der Waals surface area contributed by atoms with Crippen molar-refractivity contribution >= 4 is 11.3 Å². The average molecular weight is 309 g/mol. The van der Waals surface area contributed by atoms with Crippen LogP contribution in [0, 0.1) is 11.3 Å². The van der Waals surface area contributed by atoms with Crippen molar-refractivity contribution in [2.75, 3.05) is 20.1 Å². The molecule has 0 saturated heterocycles. The zero-order chi connectivity index (χ0) is 15.5. The van der Waals surface area contributed by atoms with Gasteiger partial charge in [-0.15, -0.1) is 11.3 Å². The molecule has 0 aliphatic heterocycles. The highest BCUT2D eigenvalue weighted by molar-refractivity contribution is 7.09. The predicted molar refractivity (Wildman–Crippen MR) is 93.9 cm³/mol. The summed E-state index contributed by atoms with van der Waals surface area (Å²) in [6.45, 7) is 9.07. The molecule has 2 nitrogen and oxygen atoms in total. The van der Waals surface area contributed by atoms with Crippen molar-refractivity contribution in [2.24, 2.45) is 17.1 Å². The van der Waals surface area contributed by atoms with Crippen molar-refractivity contribution in [3.05, 3.63) is 22.4 Å². The van der Waals surface area contributed by atoms with Gasteiger partial charge < -0.3 is 5.73 Å². The van der Waals surface area contributed by atoms with Crippen LogP contribution in [0.15, 0.2) is 17.5 Å². The van der Waals surface area contributed by atoms with Crippen LogP contribution in [-0.4, -0.2) is 30.6 Å². The standard InChI is InChI=1S/C18H32N2S/c1-17(2,3)15-7-10-18(14-19,11-8-15)20(4)12-9-16-6-5-13-21-16/h5-6,13,15H,7-12,14,19H2,1-4H3. The summed E-state index contributed by atoms with van der Waals surface area (Å²) < 4.78 is 0. The van der Waals surface area contributed by atoms with Crippen LogP contribution in [0.4, 0.5) is 0 Å².